The molecule has 0 spiro atoms. The van der Waals surface area contributed by atoms with Gasteiger partial charge in [-0.25, -0.2) is 9.97 Å². The Morgan fingerprint density at radius 3 is 2.75 bits per heavy atom. The van der Waals surface area contributed by atoms with Gasteiger partial charge in [-0.05, 0) is 51.0 Å². The molecule has 2 heterocycles. The number of halogens is 1. The van der Waals surface area contributed by atoms with E-state index in [1.807, 2.05) is 0 Å². The van der Waals surface area contributed by atoms with Crippen molar-refractivity contribution in [3.05, 3.63) is 16.8 Å². The normalized spacial score (nSPS) is 23.1. The molecule has 1 fully saturated rings. The lowest BCUT2D eigenvalue weighted by Crippen LogP contribution is -2.21. The van der Waals surface area contributed by atoms with Crippen LogP contribution in [0.4, 0.5) is 5.82 Å². The Hall–Kier alpha value is -0.870. The van der Waals surface area contributed by atoms with Gasteiger partial charge in [-0.3, -0.25) is 0 Å². The van der Waals surface area contributed by atoms with E-state index in [1.165, 1.54) is 28.7 Å². The fourth-order valence-corrected chi connectivity index (χ4v) is 4.13. The number of hydrogen-bond donors (Lipinski definition) is 1. The molecular weight excluding hydrogens is 290 g/mol. The maximum atomic E-state index is 6.16. The van der Waals surface area contributed by atoms with Gasteiger partial charge < -0.3 is 5.32 Å². The first-order valence-electron chi connectivity index (χ1n) is 7.23. The second kappa shape index (κ2) is 5.86. The van der Waals surface area contributed by atoms with Crippen molar-refractivity contribution in [2.45, 2.75) is 44.9 Å². The van der Waals surface area contributed by atoms with Crippen LogP contribution in [0.25, 0.3) is 10.2 Å². The first-order valence-corrected chi connectivity index (χ1v) is 8.49. The molecular formula is C15H20ClN3S. The van der Waals surface area contributed by atoms with Crippen molar-refractivity contribution in [1.82, 2.24) is 9.97 Å². The van der Waals surface area contributed by atoms with Crippen LogP contribution in [0.5, 0.6) is 0 Å². The van der Waals surface area contributed by atoms with Gasteiger partial charge in [0.2, 0.25) is 0 Å². The van der Waals surface area contributed by atoms with Crippen LogP contribution < -0.4 is 5.32 Å². The second-order valence-electron chi connectivity index (χ2n) is 5.68. The third kappa shape index (κ3) is 2.77. The fraction of sp³-hybridized carbons (Fsp3) is 0.600. The molecule has 3 nitrogen and oxygen atoms in total. The van der Waals surface area contributed by atoms with Crippen molar-refractivity contribution in [3.63, 3.8) is 0 Å². The number of aromatic nitrogens is 2. The number of nitrogens with one attached hydrogen (secondary N) is 1. The molecule has 0 radical (unpaired) electrons. The molecule has 0 amide bonds. The number of anilines is 1. The summed E-state index contributed by atoms with van der Waals surface area (Å²) in [6, 6.07) is 0. The van der Waals surface area contributed by atoms with Crippen LogP contribution in [0.1, 0.15) is 36.1 Å². The first kappa shape index (κ1) is 14.1. The lowest BCUT2D eigenvalue weighted by Gasteiger charge is -2.25. The van der Waals surface area contributed by atoms with Crippen molar-refractivity contribution in [1.29, 1.82) is 0 Å². The predicted molar refractivity (Wildman–Crippen MR) is 87.0 cm³/mol. The maximum absolute atomic E-state index is 6.16. The van der Waals surface area contributed by atoms with E-state index in [4.69, 9.17) is 11.6 Å². The van der Waals surface area contributed by atoms with Gasteiger partial charge in [0.1, 0.15) is 17.0 Å². The van der Waals surface area contributed by atoms with Crippen LogP contribution in [-0.2, 0) is 0 Å². The summed E-state index contributed by atoms with van der Waals surface area (Å²) in [5.74, 6) is 1.71. The van der Waals surface area contributed by atoms with Gasteiger partial charge in [-0.1, -0.05) is 0 Å². The largest absolute Gasteiger partial charge is 0.369 e. The fourth-order valence-electron chi connectivity index (χ4n) is 2.88. The van der Waals surface area contributed by atoms with Crippen molar-refractivity contribution < 1.29 is 0 Å². The molecule has 5 heteroatoms. The van der Waals surface area contributed by atoms with Crippen LogP contribution in [0.3, 0.4) is 0 Å². The minimum Gasteiger partial charge on any atom is -0.369 e. The summed E-state index contributed by atoms with van der Waals surface area (Å²) in [6.07, 6.45) is 6.39. The smallest absolute Gasteiger partial charge is 0.138 e. The molecule has 0 aliphatic heterocycles. The summed E-state index contributed by atoms with van der Waals surface area (Å²) in [7, 11) is 0. The van der Waals surface area contributed by atoms with Crippen LogP contribution in [-0.4, -0.2) is 21.9 Å². The number of rotatable bonds is 3. The van der Waals surface area contributed by atoms with E-state index in [1.54, 1.807) is 17.7 Å². The van der Waals surface area contributed by atoms with Gasteiger partial charge in [0.05, 0.1) is 5.39 Å². The highest BCUT2D eigenvalue weighted by atomic mass is 35.5. The van der Waals surface area contributed by atoms with E-state index in [0.717, 1.165) is 36.0 Å². The molecule has 1 saturated carbocycles. The third-order valence-corrected chi connectivity index (χ3v) is 5.85. The summed E-state index contributed by atoms with van der Waals surface area (Å²) in [5, 5.41) is 5.12. The average Bonchev–Trinajstić information content (AvgIpc) is 2.74. The number of nitrogens with zero attached hydrogens (tertiary/aromatic N) is 2. The van der Waals surface area contributed by atoms with Crippen molar-refractivity contribution in [3.8, 4) is 0 Å². The van der Waals surface area contributed by atoms with Gasteiger partial charge in [-0.15, -0.1) is 22.9 Å². The van der Waals surface area contributed by atoms with Crippen LogP contribution in [0, 0.1) is 19.8 Å². The zero-order chi connectivity index (χ0) is 14.1. The summed E-state index contributed by atoms with van der Waals surface area (Å²) in [6.45, 7) is 5.29. The molecule has 0 atom stereocenters. The van der Waals surface area contributed by atoms with E-state index >= 15 is 0 Å². The number of thiophene rings is 1. The summed E-state index contributed by atoms with van der Waals surface area (Å²) in [4.78, 5) is 11.2. The molecule has 0 saturated heterocycles. The van der Waals surface area contributed by atoms with Gasteiger partial charge >= 0.3 is 0 Å². The lowest BCUT2D eigenvalue weighted by atomic mass is 9.89. The minimum absolute atomic E-state index is 0.388. The average molecular weight is 310 g/mol. The molecule has 3 rings (SSSR count). The Morgan fingerprint density at radius 2 is 2.00 bits per heavy atom. The van der Waals surface area contributed by atoms with E-state index in [9.17, 15) is 0 Å². The monoisotopic (exact) mass is 309 g/mol. The molecule has 2 aromatic heterocycles. The van der Waals surface area contributed by atoms with E-state index in [2.05, 4.69) is 29.1 Å². The Labute approximate surface area is 128 Å². The molecule has 0 aromatic carbocycles. The van der Waals surface area contributed by atoms with Crippen molar-refractivity contribution >= 4 is 39.0 Å². The van der Waals surface area contributed by atoms with Gasteiger partial charge in [0.25, 0.3) is 0 Å². The summed E-state index contributed by atoms with van der Waals surface area (Å²) >= 11 is 7.91. The van der Waals surface area contributed by atoms with Crippen LogP contribution in [0.2, 0.25) is 0 Å². The molecule has 2 aromatic rings. The standard InChI is InChI=1S/C15H20ClN3S/c1-9-10(2)20-15-13(9)14(18-8-19-15)17-7-11-3-5-12(16)6-4-11/h8,11-12H,3-7H2,1-2H3,(H,17,18,19). The van der Waals surface area contributed by atoms with E-state index < -0.39 is 0 Å². The molecule has 108 valence electrons. The zero-order valence-electron chi connectivity index (χ0n) is 11.9. The highest BCUT2D eigenvalue weighted by Gasteiger charge is 2.20. The first-order chi connectivity index (χ1) is 9.65. The zero-order valence-corrected chi connectivity index (χ0v) is 13.5. The topological polar surface area (TPSA) is 37.8 Å². The molecule has 1 N–H and O–H groups in total. The van der Waals surface area contributed by atoms with Crippen molar-refractivity contribution in [2.75, 3.05) is 11.9 Å². The Balaban J connectivity index is 1.74. The lowest BCUT2D eigenvalue weighted by molar-refractivity contribution is 0.378. The van der Waals surface area contributed by atoms with E-state index in [0.29, 0.717) is 5.38 Å². The SMILES string of the molecule is Cc1sc2ncnc(NCC3CCC(Cl)CC3)c2c1C. The quantitative estimate of drug-likeness (QED) is 0.847. The highest BCUT2D eigenvalue weighted by Crippen LogP contribution is 2.33. The minimum atomic E-state index is 0.388. The van der Waals surface area contributed by atoms with Gasteiger partial charge in [0.15, 0.2) is 0 Å². The van der Waals surface area contributed by atoms with Crippen LogP contribution >= 0.6 is 22.9 Å². The van der Waals surface area contributed by atoms with Crippen molar-refractivity contribution in [2.24, 2.45) is 5.92 Å². The molecule has 20 heavy (non-hydrogen) atoms. The third-order valence-electron chi connectivity index (χ3n) is 4.30. The Bertz CT molecular complexity index is 602. The molecule has 1 aliphatic rings. The van der Waals surface area contributed by atoms with Gasteiger partial charge in [0, 0.05) is 16.8 Å². The maximum Gasteiger partial charge on any atom is 0.138 e. The summed E-state index contributed by atoms with van der Waals surface area (Å²) in [5.41, 5.74) is 1.30. The molecule has 0 bridgehead atoms. The highest BCUT2D eigenvalue weighted by molar-refractivity contribution is 7.18. The molecule has 0 unspecified atom stereocenters. The Morgan fingerprint density at radius 1 is 1.25 bits per heavy atom. The predicted octanol–water partition coefficient (Wildman–Crippen LogP) is 4.52. The number of alkyl halides is 1. The number of aryl methyl sites for hydroxylation is 2. The second-order valence-corrected chi connectivity index (χ2v) is 7.50. The van der Waals surface area contributed by atoms with Crippen LogP contribution in [0.15, 0.2) is 6.33 Å². The van der Waals surface area contributed by atoms with E-state index in [-0.39, 0.29) is 0 Å². The van der Waals surface area contributed by atoms with Gasteiger partial charge in [-0.2, -0.15) is 0 Å². The summed E-state index contributed by atoms with van der Waals surface area (Å²) < 4.78 is 0. The number of fused-ring (bicyclic) bond motifs is 1. The Kier molecular flexibility index (Phi) is 4.13. The molecule has 1 aliphatic carbocycles. The number of hydrogen-bond acceptors (Lipinski definition) is 4.